The Hall–Kier alpha value is -2.89. The molecule has 0 unspecified atom stereocenters. The van der Waals surface area contributed by atoms with Crippen molar-refractivity contribution in [1.29, 1.82) is 0 Å². The second-order valence-corrected chi connectivity index (χ2v) is 9.47. The summed E-state index contributed by atoms with van der Waals surface area (Å²) in [5.74, 6) is 0.231. The largest absolute Gasteiger partial charge is 0.374 e. The summed E-state index contributed by atoms with van der Waals surface area (Å²) in [6.07, 6.45) is 2.97. The Labute approximate surface area is 184 Å². The number of rotatable bonds is 7. The van der Waals surface area contributed by atoms with Gasteiger partial charge >= 0.3 is 0 Å². The molecule has 31 heavy (non-hydrogen) atoms. The number of para-hydroxylation sites is 1. The predicted molar refractivity (Wildman–Crippen MR) is 126 cm³/mol. The van der Waals surface area contributed by atoms with Gasteiger partial charge in [-0.05, 0) is 49.6 Å². The number of nitrogens with one attached hydrogen (secondary N) is 1. The maximum absolute atomic E-state index is 13.0. The maximum atomic E-state index is 13.0. The van der Waals surface area contributed by atoms with Crippen LogP contribution in [0.15, 0.2) is 89.8 Å². The van der Waals surface area contributed by atoms with E-state index in [1.54, 1.807) is 30.3 Å². The maximum Gasteiger partial charge on any atom is 0.261 e. The molecular weight excluding hydrogens is 406 g/mol. The zero-order chi connectivity index (χ0) is 21.8. The van der Waals surface area contributed by atoms with Crippen molar-refractivity contribution < 1.29 is 13.2 Å². The Kier molecular flexibility index (Phi) is 6.25. The van der Waals surface area contributed by atoms with Crippen LogP contribution in [0.1, 0.15) is 36.0 Å². The summed E-state index contributed by atoms with van der Waals surface area (Å²) in [5, 5.41) is 0. The van der Waals surface area contributed by atoms with E-state index < -0.39 is 10.0 Å². The smallest absolute Gasteiger partial charge is 0.261 e. The van der Waals surface area contributed by atoms with Crippen molar-refractivity contribution in [1.82, 2.24) is 0 Å². The van der Waals surface area contributed by atoms with Crippen LogP contribution in [0.25, 0.3) is 5.57 Å². The van der Waals surface area contributed by atoms with E-state index in [0.717, 1.165) is 23.1 Å². The van der Waals surface area contributed by atoms with Gasteiger partial charge in [0.25, 0.3) is 10.0 Å². The number of anilines is 1. The standard InChI is InChI=1S/C26H27NO3S/c1-3-30-26-18-21(20-9-5-4-6-10-20)17-24(26)23-11-7-8-12-25(23)27-31(28,29)22-15-13-19(2)14-16-22/h4-17,21,26-27H,3,18H2,1-2H3/t21-,26+/m0/s1. The first-order valence-electron chi connectivity index (χ1n) is 10.5. The fourth-order valence-electron chi connectivity index (χ4n) is 4.05. The summed E-state index contributed by atoms with van der Waals surface area (Å²) < 4.78 is 34.9. The Morgan fingerprint density at radius 2 is 1.61 bits per heavy atom. The van der Waals surface area contributed by atoms with E-state index in [9.17, 15) is 8.42 Å². The van der Waals surface area contributed by atoms with Gasteiger partial charge in [0, 0.05) is 18.1 Å². The summed E-state index contributed by atoms with van der Waals surface area (Å²) in [7, 11) is -3.70. The molecule has 3 aromatic carbocycles. The average Bonchev–Trinajstić information content (AvgIpc) is 3.19. The monoisotopic (exact) mass is 433 g/mol. The lowest BCUT2D eigenvalue weighted by Crippen LogP contribution is -2.16. The quantitative estimate of drug-likeness (QED) is 0.514. The highest BCUT2D eigenvalue weighted by molar-refractivity contribution is 7.92. The van der Waals surface area contributed by atoms with Gasteiger partial charge in [-0.25, -0.2) is 8.42 Å². The number of benzene rings is 3. The van der Waals surface area contributed by atoms with Crippen LogP contribution in [0, 0.1) is 6.92 Å². The first-order valence-corrected chi connectivity index (χ1v) is 12.0. The third kappa shape index (κ3) is 4.73. The number of hydrogen-bond acceptors (Lipinski definition) is 3. The second-order valence-electron chi connectivity index (χ2n) is 7.78. The third-order valence-electron chi connectivity index (χ3n) is 5.60. The van der Waals surface area contributed by atoms with Crippen molar-refractivity contribution in [3.8, 4) is 0 Å². The number of sulfonamides is 1. The van der Waals surface area contributed by atoms with Crippen molar-refractivity contribution in [2.45, 2.75) is 37.2 Å². The van der Waals surface area contributed by atoms with Crippen LogP contribution < -0.4 is 4.72 Å². The summed E-state index contributed by atoms with van der Waals surface area (Å²) in [5.41, 5.74) is 4.70. The molecule has 2 atom stereocenters. The highest BCUT2D eigenvalue weighted by Crippen LogP contribution is 2.41. The van der Waals surface area contributed by atoms with E-state index in [1.807, 2.05) is 50.2 Å². The van der Waals surface area contributed by atoms with Gasteiger partial charge in [-0.3, -0.25) is 4.72 Å². The van der Waals surface area contributed by atoms with Crippen LogP contribution in [0.3, 0.4) is 0 Å². The molecule has 1 aliphatic rings. The third-order valence-corrected chi connectivity index (χ3v) is 6.99. The molecule has 4 rings (SSSR count). The molecule has 5 heteroatoms. The average molecular weight is 434 g/mol. The van der Waals surface area contributed by atoms with Crippen molar-refractivity contribution in [2.24, 2.45) is 0 Å². The minimum atomic E-state index is -3.70. The van der Waals surface area contributed by atoms with Gasteiger partial charge in [0.15, 0.2) is 0 Å². The van der Waals surface area contributed by atoms with E-state index in [2.05, 4.69) is 22.9 Å². The van der Waals surface area contributed by atoms with E-state index >= 15 is 0 Å². The molecule has 0 saturated heterocycles. The first kappa shape index (κ1) is 21.3. The Morgan fingerprint density at radius 3 is 2.32 bits per heavy atom. The molecule has 0 heterocycles. The van der Waals surface area contributed by atoms with Gasteiger partial charge in [-0.2, -0.15) is 0 Å². The Morgan fingerprint density at radius 1 is 0.935 bits per heavy atom. The molecule has 3 aromatic rings. The molecule has 1 aliphatic carbocycles. The van der Waals surface area contributed by atoms with E-state index in [4.69, 9.17) is 4.74 Å². The molecule has 0 saturated carbocycles. The lowest BCUT2D eigenvalue weighted by atomic mass is 9.98. The molecule has 1 N–H and O–H groups in total. The number of ether oxygens (including phenoxy) is 1. The molecule has 0 bridgehead atoms. The molecule has 0 fully saturated rings. The second kappa shape index (κ2) is 9.08. The summed E-state index contributed by atoms with van der Waals surface area (Å²) in [6, 6.07) is 24.7. The van der Waals surface area contributed by atoms with Crippen molar-refractivity contribution in [3.63, 3.8) is 0 Å². The van der Waals surface area contributed by atoms with Crippen LogP contribution in [0.2, 0.25) is 0 Å². The number of allylic oxidation sites excluding steroid dienone is 1. The number of hydrogen-bond donors (Lipinski definition) is 1. The minimum Gasteiger partial charge on any atom is -0.374 e. The zero-order valence-electron chi connectivity index (χ0n) is 17.8. The molecule has 0 spiro atoms. The van der Waals surface area contributed by atoms with Crippen LogP contribution in [0.5, 0.6) is 0 Å². The van der Waals surface area contributed by atoms with Gasteiger partial charge in [0.05, 0.1) is 16.7 Å². The SMILES string of the molecule is CCO[C@@H]1C[C@@H](c2ccccc2)C=C1c1ccccc1NS(=O)(=O)c1ccc(C)cc1. The van der Waals surface area contributed by atoms with Gasteiger partial charge in [0.1, 0.15) is 0 Å². The van der Waals surface area contributed by atoms with Gasteiger partial charge in [-0.15, -0.1) is 0 Å². The van der Waals surface area contributed by atoms with E-state index in [1.165, 1.54) is 5.56 Å². The minimum absolute atomic E-state index is 0.0831. The molecule has 4 nitrogen and oxygen atoms in total. The highest BCUT2D eigenvalue weighted by atomic mass is 32.2. The van der Waals surface area contributed by atoms with E-state index in [-0.39, 0.29) is 16.9 Å². The Balaban J connectivity index is 1.70. The van der Waals surface area contributed by atoms with Crippen LogP contribution in [-0.4, -0.2) is 21.1 Å². The fraction of sp³-hybridized carbons (Fsp3) is 0.231. The Bertz CT molecular complexity index is 1170. The summed E-state index contributed by atoms with van der Waals surface area (Å²) in [4.78, 5) is 0.247. The molecule has 0 aliphatic heterocycles. The van der Waals surface area contributed by atoms with Gasteiger partial charge in [0.2, 0.25) is 0 Å². The lowest BCUT2D eigenvalue weighted by molar-refractivity contribution is 0.100. The highest BCUT2D eigenvalue weighted by Gasteiger charge is 2.30. The fourth-order valence-corrected chi connectivity index (χ4v) is 5.13. The molecule has 160 valence electrons. The van der Waals surface area contributed by atoms with E-state index in [0.29, 0.717) is 12.3 Å². The lowest BCUT2D eigenvalue weighted by Gasteiger charge is -2.19. The molecule has 0 amide bonds. The normalized spacial score (nSPS) is 18.6. The van der Waals surface area contributed by atoms with Crippen LogP contribution >= 0.6 is 0 Å². The van der Waals surface area contributed by atoms with Crippen molar-refractivity contribution in [2.75, 3.05) is 11.3 Å². The van der Waals surface area contributed by atoms with Crippen LogP contribution in [0.4, 0.5) is 5.69 Å². The zero-order valence-corrected chi connectivity index (χ0v) is 18.6. The van der Waals surface area contributed by atoms with Crippen molar-refractivity contribution >= 4 is 21.3 Å². The predicted octanol–water partition coefficient (Wildman–Crippen LogP) is 5.77. The summed E-state index contributed by atoms with van der Waals surface area (Å²) in [6.45, 7) is 4.52. The van der Waals surface area contributed by atoms with Gasteiger partial charge in [-0.1, -0.05) is 72.3 Å². The summed E-state index contributed by atoms with van der Waals surface area (Å²) >= 11 is 0. The first-order chi connectivity index (χ1) is 15.0. The molecular formula is C26H27NO3S. The van der Waals surface area contributed by atoms with Gasteiger partial charge < -0.3 is 4.74 Å². The van der Waals surface area contributed by atoms with Crippen molar-refractivity contribution in [3.05, 3.63) is 102 Å². The number of aryl methyl sites for hydroxylation is 1. The molecule has 0 radical (unpaired) electrons. The topological polar surface area (TPSA) is 55.4 Å². The molecule has 0 aromatic heterocycles. The van der Waals surface area contributed by atoms with Crippen LogP contribution in [-0.2, 0) is 14.8 Å².